The van der Waals surface area contributed by atoms with Gasteiger partial charge in [-0.15, -0.1) is 0 Å². The van der Waals surface area contributed by atoms with Crippen molar-refractivity contribution in [2.45, 2.75) is 33.3 Å². The molecule has 0 fully saturated rings. The maximum atomic E-state index is 12.2. The Hall–Kier alpha value is -3.24. The van der Waals surface area contributed by atoms with Crippen LogP contribution >= 0.6 is 15.9 Å². The number of rotatable bonds is 11. The van der Waals surface area contributed by atoms with Crippen molar-refractivity contribution in [2.75, 3.05) is 25.1 Å². The molecule has 0 aliphatic rings. The van der Waals surface area contributed by atoms with Gasteiger partial charge in [-0.2, -0.15) is 5.10 Å². The molecular formula is C24H29BrN4O5. The Labute approximate surface area is 207 Å². The van der Waals surface area contributed by atoms with E-state index in [-0.39, 0.29) is 18.6 Å². The van der Waals surface area contributed by atoms with E-state index in [1.807, 2.05) is 39.0 Å². The summed E-state index contributed by atoms with van der Waals surface area (Å²) in [5.41, 5.74) is 4.39. The number of hydrogen-bond donors (Lipinski definition) is 3. The molecule has 0 saturated heterocycles. The van der Waals surface area contributed by atoms with Crippen LogP contribution in [0.5, 0.6) is 5.75 Å². The smallest absolute Gasteiger partial charge is 0.329 e. The molecule has 9 nitrogen and oxygen atoms in total. The third-order valence-corrected chi connectivity index (χ3v) is 4.76. The number of benzene rings is 2. The molecule has 0 unspecified atom stereocenters. The average molecular weight is 533 g/mol. The van der Waals surface area contributed by atoms with E-state index < -0.39 is 11.8 Å². The van der Waals surface area contributed by atoms with Gasteiger partial charge >= 0.3 is 11.8 Å². The standard InChI is InChI=1S/C24H29BrN4O5/c1-16(2)33-11-5-10-26-23(31)24(32)29-27-14-18-13-19(25)8-9-21(18)34-15-22(30)28-20-7-4-6-17(3)12-20/h4,6-9,12-14,16H,5,10-11,15H2,1-3H3,(H,26,31)(H,28,30)(H,29,32)/b27-14-. The number of nitrogens with zero attached hydrogens (tertiary/aromatic N) is 1. The van der Waals surface area contributed by atoms with Crippen LogP contribution in [-0.4, -0.2) is 49.8 Å². The lowest BCUT2D eigenvalue weighted by atomic mass is 10.2. The molecule has 0 atom stereocenters. The van der Waals surface area contributed by atoms with E-state index in [4.69, 9.17) is 9.47 Å². The molecular weight excluding hydrogens is 504 g/mol. The van der Waals surface area contributed by atoms with Crippen LogP contribution in [0.4, 0.5) is 5.69 Å². The first-order valence-corrected chi connectivity index (χ1v) is 11.6. The van der Waals surface area contributed by atoms with Crippen LogP contribution in [-0.2, 0) is 19.1 Å². The number of amides is 3. The van der Waals surface area contributed by atoms with Gasteiger partial charge in [-0.1, -0.05) is 28.1 Å². The Balaban J connectivity index is 1.85. The molecule has 3 amide bonds. The zero-order valence-corrected chi connectivity index (χ0v) is 21.0. The number of carbonyl (C=O) groups is 3. The number of ether oxygens (including phenoxy) is 2. The minimum Gasteiger partial charge on any atom is -0.483 e. The Morgan fingerprint density at radius 1 is 1.12 bits per heavy atom. The van der Waals surface area contributed by atoms with Gasteiger partial charge in [0.15, 0.2) is 6.61 Å². The highest BCUT2D eigenvalue weighted by Crippen LogP contribution is 2.22. The topological polar surface area (TPSA) is 118 Å². The molecule has 2 rings (SSSR count). The quantitative estimate of drug-likeness (QED) is 0.178. The molecule has 2 aromatic carbocycles. The summed E-state index contributed by atoms with van der Waals surface area (Å²) in [5, 5.41) is 9.09. The van der Waals surface area contributed by atoms with Crippen molar-refractivity contribution >= 4 is 45.6 Å². The summed E-state index contributed by atoms with van der Waals surface area (Å²) < 4.78 is 11.7. The van der Waals surface area contributed by atoms with Gasteiger partial charge in [-0.25, -0.2) is 5.43 Å². The van der Waals surface area contributed by atoms with Crippen LogP contribution in [0.25, 0.3) is 0 Å². The van der Waals surface area contributed by atoms with Crippen molar-refractivity contribution in [1.29, 1.82) is 0 Å². The summed E-state index contributed by atoms with van der Waals surface area (Å²) in [6.45, 7) is 6.37. The fraction of sp³-hybridized carbons (Fsp3) is 0.333. The lowest BCUT2D eigenvalue weighted by Gasteiger charge is -2.10. The van der Waals surface area contributed by atoms with Gasteiger partial charge in [0.1, 0.15) is 5.75 Å². The van der Waals surface area contributed by atoms with Crippen molar-refractivity contribution in [3.8, 4) is 5.75 Å². The van der Waals surface area contributed by atoms with Crippen LogP contribution in [0, 0.1) is 6.92 Å². The van der Waals surface area contributed by atoms with Crippen LogP contribution < -0.4 is 20.8 Å². The summed E-state index contributed by atoms with van der Waals surface area (Å²) in [7, 11) is 0. The van der Waals surface area contributed by atoms with Crippen molar-refractivity contribution in [2.24, 2.45) is 5.10 Å². The normalized spacial score (nSPS) is 10.9. The summed E-state index contributed by atoms with van der Waals surface area (Å²) in [6.07, 6.45) is 2.04. The number of nitrogens with one attached hydrogen (secondary N) is 3. The van der Waals surface area contributed by atoms with Gasteiger partial charge in [0.2, 0.25) is 0 Å². The molecule has 2 aromatic rings. The number of halogens is 1. The van der Waals surface area contributed by atoms with Gasteiger partial charge in [-0.3, -0.25) is 14.4 Å². The van der Waals surface area contributed by atoms with Crippen LogP contribution in [0.3, 0.4) is 0 Å². The number of carbonyl (C=O) groups excluding carboxylic acids is 3. The van der Waals surface area contributed by atoms with Crippen LogP contribution in [0.15, 0.2) is 52.0 Å². The van der Waals surface area contributed by atoms with Gasteiger partial charge in [-0.05, 0) is 63.1 Å². The van der Waals surface area contributed by atoms with E-state index in [1.165, 1.54) is 6.21 Å². The third kappa shape index (κ3) is 10.1. The second kappa shape index (κ2) is 14.1. The Morgan fingerprint density at radius 2 is 1.91 bits per heavy atom. The van der Waals surface area contributed by atoms with Crippen molar-refractivity contribution in [1.82, 2.24) is 10.7 Å². The van der Waals surface area contributed by atoms with E-state index in [1.54, 1.807) is 24.3 Å². The summed E-state index contributed by atoms with van der Waals surface area (Å²) >= 11 is 3.36. The second-order valence-electron chi connectivity index (χ2n) is 7.62. The number of anilines is 1. The Morgan fingerprint density at radius 3 is 2.65 bits per heavy atom. The first kappa shape index (κ1) is 27.0. The maximum absolute atomic E-state index is 12.2. The zero-order valence-electron chi connectivity index (χ0n) is 19.4. The van der Waals surface area contributed by atoms with Gasteiger partial charge in [0, 0.05) is 28.9 Å². The highest BCUT2D eigenvalue weighted by atomic mass is 79.9. The minimum absolute atomic E-state index is 0.114. The molecule has 0 bridgehead atoms. The maximum Gasteiger partial charge on any atom is 0.329 e. The average Bonchev–Trinajstić information content (AvgIpc) is 2.78. The lowest BCUT2D eigenvalue weighted by Crippen LogP contribution is -2.38. The van der Waals surface area contributed by atoms with E-state index >= 15 is 0 Å². The molecule has 3 N–H and O–H groups in total. The Kier molecular flexibility index (Phi) is 11.2. The molecule has 0 aliphatic heterocycles. The molecule has 0 heterocycles. The molecule has 0 radical (unpaired) electrons. The van der Waals surface area contributed by atoms with Gasteiger partial charge in [0.05, 0.1) is 12.3 Å². The molecule has 0 spiro atoms. The first-order chi connectivity index (χ1) is 16.2. The van der Waals surface area contributed by atoms with Gasteiger partial charge in [0.25, 0.3) is 5.91 Å². The highest BCUT2D eigenvalue weighted by molar-refractivity contribution is 9.10. The van der Waals surface area contributed by atoms with E-state index in [2.05, 4.69) is 37.1 Å². The predicted molar refractivity (Wildman–Crippen MR) is 134 cm³/mol. The van der Waals surface area contributed by atoms with E-state index in [0.29, 0.717) is 36.6 Å². The molecule has 0 aliphatic carbocycles. The molecule has 0 aromatic heterocycles. The van der Waals surface area contributed by atoms with Crippen molar-refractivity contribution in [3.63, 3.8) is 0 Å². The van der Waals surface area contributed by atoms with Crippen molar-refractivity contribution in [3.05, 3.63) is 58.1 Å². The predicted octanol–water partition coefficient (Wildman–Crippen LogP) is 3.16. The molecule has 0 saturated carbocycles. The van der Waals surface area contributed by atoms with Crippen LogP contribution in [0.1, 0.15) is 31.4 Å². The van der Waals surface area contributed by atoms with E-state index in [0.717, 1.165) is 10.0 Å². The largest absolute Gasteiger partial charge is 0.483 e. The molecule has 10 heteroatoms. The van der Waals surface area contributed by atoms with Crippen LogP contribution in [0.2, 0.25) is 0 Å². The van der Waals surface area contributed by atoms with E-state index in [9.17, 15) is 14.4 Å². The first-order valence-electron chi connectivity index (χ1n) is 10.8. The summed E-state index contributed by atoms with van der Waals surface area (Å²) in [6, 6.07) is 12.6. The second-order valence-corrected chi connectivity index (χ2v) is 8.53. The SMILES string of the molecule is Cc1cccc(NC(=O)COc2ccc(Br)cc2/C=N\NC(=O)C(=O)NCCCOC(C)C)c1. The van der Waals surface area contributed by atoms with Gasteiger partial charge < -0.3 is 20.1 Å². The minimum atomic E-state index is -0.893. The fourth-order valence-corrected chi connectivity index (χ4v) is 3.08. The number of aryl methyl sites for hydroxylation is 1. The lowest BCUT2D eigenvalue weighted by molar-refractivity contribution is -0.139. The highest BCUT2D eigenvalue weighted by Gasteiger charge is 2.12. The summed E-state index contributed by atoms with van der Waals surface area (Å²) in [5.74, 6) is -1.62. The third-order valence-electron chi connectivity index (χ3n) is 4.27. The summed E-state index contributed by atoms with van der Waals surface area (Å²) in [4.78, 5) is 36.0. The Bertz CT molecular complexity index is 1030. The zero-order chi connectivity index (χ0) is 24.9. The van der Waals surface area contributed by atoms with Crippen molar-refractivity contribution < 1.29 is 23.9 Å². The molecule has 182 valence electrons. The monoisotopic (exact) mass is 532 g/mol. The molecule has 34 heavy (non-hydrogen) atoms. The fourth-order valence-electron chi connectivity index (χ4n) is 2.70. The number of hydrazone groups is 1. The number of hydrogen-bond acceptors (Lipinski definition) is 6.